The number of carbonyl (C=O) groups excluding carboxylic acids is 1. The van der Waals surface area contributed by atoms with Crippen molar-refractivity contribution in [3.05, 3.63) is 54.1 Å². The highest BCUT2D eigenvalue weighted by Crippen LogP contribution is 2.31. The van der Waals surface area contributed by atoms with Crippen LogP contribution in [-0.4, -0.2) is 39.1 Å². The number of hydrogen-bond donors (Lipinski definition) is 3. The summed E-state index contributed by atoms with van der Waals surface area (Å²) in [5.74, 6) is -1.63. The molecule has 8 heteroatoms. The van der Waals surface area contributed by atoms with Crippen molar-refractivity contribution in [1.29, 1.82) is 0 Å². The first-order valence-corrected chi connectivity index (χ1v) is 11.4. The number of para-hydroxylation sites is 1. The van der Waals surface area contributed by atoms with Crippen LogP contribution in [0.5, 0.6) is 10.9 Å². The molecule has 0 aliphatic heterocycles. The summed E-state index contributed by atoms with van der Waals surface area (Å²) in [6.45, 7) is 3.79. The summed E-state index contributed by atoms with van der Waals surface area (Å²) in [7, 11) is 0. The molecule has 0 unspecified atom stereocenters. The number of aliphatic carboxylic acids is 1. The molecule has 0 radical (unpaired) electrons. The first-order valence-electron chi connectivity index (χ1n) is 10.5. The van der Waals surface area contributed by atoms with Crippen LogP contribution in [0.4, 0.5) is 0 Å². The molecule has 1 aromatic heterocycles. The molecule has 32 heavy (non-hydrogen) atoms. The number of rotatable bonds is 11. The zero-order valence-electron chi connectivity index (χ0n) is 18.1. The van der Waals surface area contributed by atoms with Crippen LogP contribution >= 0.6 is 11.3 Å². The Hall–Kier alpha value is -2.81. The number of Topliss-reactive ketones (excluding diaryl/α,β-unsaturated/α-hetero) is 1. The summed E-state index contributed by atoms with van der Waals surface area (Å²) in [5, 5.41) is 20.2. The lowest BCUT2D eigenvalue weighted by molar-refractivity contribution is -0.145. The van der Waals surface area contributed by atoms with E-state index in [0.29, 0.717) is 17.4 Å². The molecule has 1 heterocycles. The number of nitrogens with zero attached hydrogens (tertiary/aromatic N) is 1. The minimum absolute atomic E-state index is 0.137. The van der Waals surface area contributed by atoms with Gasteiger partial charge in [-0.2, -0.15) is 0 Å². The molecule has 2 aromatic carbocycles. The summed E-state index contributed by atoms with van der Waals surface area (Å²) in [6.07, 6.45) is -0.991. The predicted molar refractivity (Wildman–Crippen MR) is 124 cm³/mol. The van der Waals surface area contributed by atoms with Crippen molar-refractivity contribution in [3.63, 3.8) is 0 Å². The molecule has 4 N–H and O–H groups in total. The molecule has 0 amide bonds. The summed E-state index contributed by atoms with van der Waals surface area (Å²) in [6, 6.07) is 14.2. The van der Waals surface area contributed by atoms with Crippen LogP contribution in [0.3, 0.4) is 0 Å². The second kappa shape index (κ2) is 10.7. The van der Waals surface area contributed by atoms with Crippen LogP contribution in [0.1, 0.15) is 32.3 Å². The van der Waals surface area contributed by atoms with Gasteiger partial charge in [0.15, 0.2) is 5.78 Å². The first-order chi connectivity index (χ1) is 15.2. The van der Waals surface area contributed by atoms with E-state index in [1.165, 1.54) is 11.3 Å². The average Bonchev–Trinajstić information content (AvgIpc) is 3.15. The maximum absolute atomic E-state index is 12.4. The third-order valence-corrected chi connectivity index (χ3v) is 6.08. The summed E-state index contributed by atoms with van der Waals surface area (Å²) < 4.78 is 6.87. The van der Waals surface area contributed by atoms with Crippen molar-refractivity contribution in [1.82, 2.24) is 4.98 Å². The van der Waals surface area contributed by atoms with Gasteiger partial charge in [-0.15, -0.1) is 0 Å². The number of ether oxygens (including phenoxy) is 1. The third kappa shape index (κ3) is 6.35. The van der Waals surface area contributed by atoms with Crippen LogP contribution in [0.15, 0.2) is 48.5 Å². The second-order valence-corrected chi connectivity index (χ2v) is 9.33. The molecular formula is C24H28N2O5S. The molecular weight excluding hydrogens is 428 g/mol. The van der Waals surface area contributed by atoms with Gasteiger partial charge in [0.2, 0.25) is 0 Å². The number of hydrogen-bond acceptors (Lipinski definition) is 7. The lowest BCUT2D eigenvalue weighted by atomic mass is 9.89. The molecule has 3 rings (SSSR count). The number of nitrogens with two attached hydrogens (primary N) is 1. The smallest absolute Gasteiger partial charge is 0.306 e. The maximum atomic E-state index is 12.4. The number of benzene rings is 2. The van der Waals surface area contributed by atoms with Gasteiger partial charge in [-0.25, -0.2) is 4.98 Å². The number of thiazole rings is 1. The summed E-state index contributed by atoms with van der Waals surface area (Å²) >= 11 is 1.46. The molecule has 0 aliphatic carbocycles. The van der Waals surface area contributed by atoms with E-state index in [-0.39, 0.29) is 18.8 Å². The van der Waals surface area contributed by atoms with E-state index in [1.807, 2.05) is 50.2 Å². The second-order valence-electron chi connectivity index (χ2n) is 8.34. The van der Waals surface area contributed by atoms with Crippen molar-refractivity contribution in [2.24, 2.45) is 17.6 Å². The Morgan fingerprint density at radius 2 is 1.81 bits per heavy atom. The van der Waals surface area contributed by atoms with E-state index in [2.05, 4.69) is 4.98 Å². The molecule has 0 spiro atoms. The van der Waals surface area contributed by atoms with Gasteiger partial charge in [-0.1, -0.05) is 49.4 Å². The van der Waals surface area contributed by atoms with Gasteiger partial charge >= 0.3 is 5.97 Å². The van der Waals surface area contributed by atoms with Crippen LogP contribution in [0.2, 0.25) is 0 Å². The molecule has 3 atom stereocenters. The molecule has 0 aliphatic rings. The molecule has 0 bridgehead atoms. The highest BCUT2D eigenvalue weighted by atomic mass is 32.1. The van der Waals surface area contributed by atoms with Crippen molar-refractivity contribution in [2.75, 3.05) is 0 Å². The van der Waals surface area contributed by atoms with E-state index in [9.17, 15) is 19.8 Å². The topological polar surface area (TPSA) is 123 Å². The highest BCUT2D eigenvalue weighted by molar-refractivity contribution is 7.20. The van der Waals surface area contributed by atoms with Gasteiger partial charge in [0.1, 0.15) is 11.9 Å². The predicted octanol–water partition coefficient (Wildman–Crippen LogP) is 4.03. The number of fused-ring (bicyclic) bond motifs is 1. The fourth-order valence-electron chi connectivity index (χ4n) is 3.52. The first kappa shape index (κ1) is 23.8. The average molecular weight is 457 g/mol. The lowest BCUT2D eigenvalue weighted by Crippen LogP contribution is -2.43. The highest BCUT2D eigenvalue weighted by Gasteiger charge is 2.29. The van der Waals surface area contributed by atoms with Gasteiger partial charge in [0.25, 0.3) is 5.19 Å². The largest absolute Gasteiger partial charge is 0.481 e. The standard InChI is InChI=1S/C24H28N2O5S/c1-14(2)11-16(23(29)30)13-20(27)22(28)18(25)12-15-7-9-17(10-8-15)31-24-26-19-5-3-4-6-21(19)32-24/h3-10,14,16,18,22,28H,11-13,25H2,1-2H3,(H,29,30)/t16-,18-,22+/m1/s1. The Bertz CT molecular complexity index is 1030. The molecule has 3 aromatic rings. The Morgan fingerprint density at radius 3 is 2.44 bits per heavy atom. The fourth-order valence-corrected chi connectivity index (χ4v) is 4.35. The van der Waals surface area contributed by atoms with Gasteiger partial charge < -0.3 is 20.7 Å². The van der Waals surface area contributed by atoms with Crippen molar-refractivity contribution >= 4 is 33.3 Å². The van der Waals surface area contributed by atoms with Crippen molar-refractivity contribution < 1.29 is 24.5 Å². The van der Waals surface area contributed by atoms with Crippen LogP contribution < -0.4 is 10.5 Å². The van der Waals surface area contributed by atoms with Crippen LogP contribution in [0.25, 0.3) is 10.2 Å². The minimum Gasteiger partial charge on any atom is -0.481 e. The zero-order chi connectivity index (χ0) is 23.3. The van der Waals surface area contributed by atoms with Crippen molar-refractivity contribution in [3.8, 4) is 10.9 Å². The van der Waals surface area contributed by atoms with Gasteiger partial charge in [-0.3, -0.25) is 9.59 Å². The van der Waals surface area contributed by atoms with E-state index < -0.39 is 29.8 Å². The Kier molecular flexibility index (Phi) is 7.95. The number of carboxylic acids is 1. The monoisotopic (exact) mass is 456 g/mol. The Balaban J connectivity index is 1.56. The van der Waals surface area contributed by atoms with E-state index >= 15 is 0 Å². The molecule has 0 saturated carbocycles. The van der Waals surface area contributed by atoms with Crippen LogP contribution in [0, 0.1) is 11.8 Å². The number of carboxylic acid groups (broad SMARTS) is 1. The molecule has 7 nitrogen and oxygen atoms in total. The molecule has 170 valence electrons. The van der Waals surface area contributed by atoms with Gasteiger partial charge in [0.05, 0.1) is 16.1 Å². The van der Waals surface area contributed by atoms with E-state index in [1.54, 1.807) is 12.1 Å². The maximum Gasteiger partial charge on any atom is 0.306 e. The lowest BCUT2D eigenvalue weighted by Gasteiger charge is -2.20. The summed E-state index contributed by atoms with van der Waals surface area (Å²) in [5.41, 5.74) is 7.76. The number of aromatic nitrogens is 1. The molecule has 0 saturated heterocycles. The Labute approximate surface area is 190 Å². The Morgan fingerprint density at radius 1 is 1.12 bits per heavy atom. The minimum atomic E-state index is -1.41. The number of carbonyl (C=O) groups is 2. The fraction of sp³-hybridized carbons (Fsp3) is 0.375. The molecule has 0 fully saturated rings. The SMILES string of the molecule is CC(C)C[C@H](CC(=O)[C@@H](O)[C@H](N)Cc1ccc(Oc2nc3ccccc3s2)cc1)C(=O)O. The normalized spacial score (nSPS) is 14.3. The van der Waals surface area contributed by atoms with Crippen molar-refractivity contribution in [2.45, 2.75) is 45.3 Å². The quantitative estimate of drug-likeness (QED) is 0.398. The van der Waals surface area contributed by atoms with Gasteiger partial charge in [0, 0.05) is 12.5 Å². The van der Waals surface area contributed by atoms with Crippen LogP contribution in [-0.2, 0) is 16.0 Å². The summed E-state index contributed by atoms with van der Waals surface area (Å²) in [4.78, 5) is 28.2. The van der Waals surface area contributed by atoms with Gasteiger partial charge in [-0.05, 0) is 48.6 Å². The number of ketones is 1. The third-order valence-electron chi connectivity index (χ3n) is 5.16. The number of aliphatic hydroxyl groups is 1. The zero-order valence-corrected chi connectivity index (χ0v) is 18.9. The van der Waals surface area contributed by atoms with E-state index in [4.69, 9.17) is 10.5 Å². The van der Waals surface area contributed by atoms with E-state index in [0.717, 1.165) is 15.8 Å². The number of aliphatic hydroxyl groups excluding tert-OH is 1.